The van der Waals surface area contributed by atoms with Gasteiger partial charge in [-0.15, -0.1) is 0 Å². The molecule has 2 rings (SSSR count). The van der Waals surface area contributed by atoms with Crippen LogP contribution < -0.4 is 5.73 Å². The zero-order chi connectivity index (χ0) is 14.7. The second-order valence-corrected chi connectivity index (χ2v) is 5.82. The fourth-order valence-corrected chi connectivity index (χ4v) is 2.42. The molecule has 2 N–H and O–H groups in total. The van der Waals surface area contributed by atoms with Gasteiger partial charge >= 0.3 is 0 Å². The van der Waals surface area contributed by atoms with Gasteiger partial charge in [-0.2, -0.15) is 0 Å². The predicted octanol–water partition coefficient (Wildman–Crippen LogP) is 3.96. The Morgan fingerprint density at radius 3 is 2.55 bits per heavy atom. The van der Waals surface area contributed by atoms with Gasteiger partial charge in [-0.25, -0.2) is 0 Å². The molecule has 3 nitrogen and oxygen atoms in total. The molecule has 2 aromatic rings. The summed E-state index contributed by atoms with van der Waals surface area (Å²) in [6, 6.07) is 12.6. The van der Waals surface area contributed by atoms with Gasteiger partial charge in [0.1, 0.15) is 0 Å². The van der Waals surface area contributed by atoms with E-state index in [2.05, 4.69) is 15.9 Å². The number of halogens is 2. The molecule has 2 aromatic carbocycles. The lowest BCUT2D eigenvalue weighted by molar-refractivity contribution is 0.0784. The summed E-state index contributed by atoms with van der Waals surface area (Å²) < 4.78 is 0.732. The Morgan fingerprint density at radius 2 is 1.90 bits per heavy atom. The van der Waals surface area contributed by atoms with Crippen molar-refractivity contribution in [2.24, 2.45) is 0 Å². The Bertz CT molecular complexity index is 628. The van der Waals surface area contributed by atoms with E-state index in [0.29, 0.717) is 22.8 Å². The van der Waals surface area contributed by atoms with Gasteiger partial charge in [0.25, 0.3) is 5.91 Å². The van der Waals surface area contributed by atoms with Crippen LogP contribution >= 0.6 is 27.5 Å². The van der Waals surface area contributed by atoms with Crippen LogP contribution in [-0.4, -0.2) is 17.9 Å². The second-order valence-electron chi connectivity index (χ2n) is 4.53. The molecule has 0 heterocycles. The standard InChI is InChI=1S/C15H14BrClN2O/c1-19(9-10-2-5-12(18)6-3-10)15(20)13-8-11(17)4-7-14(13)16/h2-8H,9,18H2,1H3. The maximum absolute atomic E-state index is 12.4. The number of nitrogen functional groups attached to an aromatic ring is 1. The number of carbonyl (C=O) groups excluding carboxylic acids is 1. The van der Waals surface area contributed by atoms with Crippen LogP contribution in [0.2, 0.25) is 5.02 Å². The molecule has 104 valence electrons. The van der Waals surface area contributed by atoms with E-state index in [1.807, 2.05) is 24.3 Å². The second kappa shape index (κ2) is 6.29. The average molecular weight is 354 g/mol. The van der Waals surface area contributed by atoms with E-state index in [4.69, 9.17) is 17.3 Å². The summed E-state index contributed by atoms with van der Waals surface area (Å²) in [7, 11) is 1.76. The van der Waals surface area contributed by atoms with Crippen molar-refractivity contribution >= 4 is 39.1 Å². The van der Waals surface area contributed by atoms with Crippen molar-refractivity contribution in [3.63, 3.8) is 0 Å². The van der Waals surface area contributed by atoms with Gasteiger partial charge in [0.15, 0.2) is 0 Å². The topological polar surface area (TPSA) is 46.3 Å². The monoisotopic (exact) mass is 352 g/mol. The highest BCUT2D eigenvalue weighted by atomic mass is 79.9. The first-order chi connectivity index (χ1) is 9.47. The van der Waals surface area contributed by atoms with Crippen molar-refractivity contribution in [2.45, 2.75) is 6.54 Å². The molecule has 0 atom stereocenters. The maximum Gasteiger partial charge on any atom is 0.255 e. The normalized spacial score (nSPS) is 10.3. The fraction of sp³-hybridized carbons (Fsp3) is 0.133. The number of hydrogen-bond donors (Lipinski definition) is 1. The zero-order valence-corrected chi connectivity index (χ0v) is 13.3. The molecule has 0 fully saturated rings. The first-order valence-corrected chi connectivity index (χ1v) is 7.19. The van der Waals surface area contributed by atoms with Crippen molar-refractivity contribution in [1.29, 1.82) is 0 Å². The predicted molar refractivity (Wildman–Crippen MR) is 85.8 cm³/mol. The molecule has 0 aromatic heterocycles. The Kier molecular flexibility index (Phi) is 4.68. The molecule has 0 aliphatic heterocycles. The third kappa shape index (κ3) is 3.52. The van der Waals surface area contributed by atoms with Gasteiger partial charge < -0.3 is 10.6 Å². The quantitative estimate of drug-likeness (QED) is 0.849. The van der Waals surface area contributed by atoms with E-state index in [-0.39, 0.29) is 5.91 Å². The van der Waals surface area contributed by atoms with E-state index < -0.39 is 0 Å². The van der Waals surface area contributed by atoms with Crippen LogP contribution in [0.15, 0.2) is 46.9 Å². The largest absolute Gasteiger partial charge is 0.399 e. The number of rotatable bonds is 3. The van der Waals surface area contributed by atoms with E-state index >= 15 is 0 Å². The molecular formula is C15H14BrClN2O. The lowest BCUT2D eigenvalue weighted by atomic mass is 10.1. The van der Waals surface area contributed by atoms with Crippen LogP contribution in [0.3, 0.4) is 0 Å². The molecule has 5 heteroatoms. The number of benzene rings is 2. The number of nitrogens with two attached hydrogens (primary N) is 1. The smallest absolute Gasteiger partial charge is 0.255 e. The summed E-state index contributed by atoms with van der Waals surface area (Å²) in [6.45, 7) is 0.512. The molecule has 0 aliphatic rings. The van der Waals surface area contributed by atoms with Crippen LogP contribution in [0.1, 0.15) is 15.9 Å². The molecule has 0 spiro atoms. The maximum atomic E-state index is 12.4. The van der Waals surface area contributed by atoms with Crippen LogP contribution in [0.25, 0.3) is 0 Å². The van der Waals surface area contributed by atoms with Gasteiger partial charge in [0.05, 0.1) is 5.56 Å². The first kappa shape index (κ1) is 14.9. The highest BCUT2D eigenvalue weighted by molar-refractivity contribution is 9.10. The number of nitrogens with zero attached hydrogens (tertiary/aromatic N) is 1. The van der Waals surface area contributed by atoms with Crippen LogP contribution in [0.5, 0.6) is 0 Å². The summed E-state index contributed by atoms with van der Waals surface area (Å²) in [5.41, 5.74) is 7.92. The average Bonchev–Trinajstić information content (AvgIpc) is 2.43. The van der Waals surface area contributed by atoms with Crippen LogP contribution in [-0.2, 0) is 6.54 Å². The Balaban J connectivity index is 2.16. The lowest BCUT2D eigenvalue weighted by Gasteiger charge is -2.18. The molecular weight excluding hydrogens is 340 g/mol. The fourth-order valence-electron chi connectivity index (χ4n) is 1.84. The van der Waals surface area contributed by atoms with E-state index in [1.54, 1.807) is 30.1 Å². The van der Waals surface area contributed by atoms with Crippen molar-refractivity contribution in [2.75, 3.05) is 12.8 Å². The van der Waals surface area contributed by atoms with Gasteiger partial charge in [0, 0.05) is 28.8 Å². The first-order valence-electron chi connectivity index (χ1n) is 6.02. The van der Waals surface area contributed by atoms with Gasteiger partial charge in [-0.1, -0.05) is 23.7 Å². The van der Waals surface area contributed by atoms with Gasteiger partial charge in [-0.05, 0) is 51.8 Å². The highest BCUT2D eigenvalue weighted by Crippen LogP contribution is 2.23. The van der Waals surface area contributed by atoms with Crippen molar-refractivity contribution in [3.8, 4) is 0 Å². The SMILES string of the molecule is CN(Cc1ccc(N)cc1)C(=O)c1cc(Cl)ccc1Br. The third-order valence-electron chi connectivity index (χ3n) is 2.90. The van der Waals surface area contributed by atoms with E-state index in [1.165, 1.54) is 0 Å². The number of amides is 1. The molecule has 0 radical (unpaired) electrons. The van der Waals surface area contributed by atoms with Gasteiger partial charge in [-0.3, -0.25) is 4.79 Å². The number of hydrogen-bond acceptors (Lipinski definition) is 2. The third-order valence-corrected chi connectivity index (χ3v) is 3.83. The Labute approximate surface area is 131 Å². The Hall–Kier alpha value is -1.52. The summed E-state index contributed by atoms with van der Waals surface area (Å²) >= 11 is 9.31. The summed E-state index contributed by atoms with van der Waals surface area (Å²) in [5.74, 6) is -0.0869. The lowest BCUT2D eigenvalue weighted by Crippen LogP contribution is -2.26. The van der Waals surface area contributed by atoms with Gasteiger partial charge in [0.2, 0.25) is 0 Å². The van der Waals surface area contributed by atoms with Crippen molar-refractivity contribution in [3.05, 3.63) is 63.1 Å². The summed E-state index contributed by atoms with van der Waals surface area (Å²) in [4.78, 5) is 14.0. The Morgan fingerprint density at radius 1 is 1.25 bits per heavy atom. The molecule has 0 aliphatic carbocycles. The van der Waals surface area contributed by atoms with E-state index in [0.717, 1.165) is 10.0 Å². The molecule has 0 saturated heterocycles. The minimum atomic E-state index is -0.0869. The van der Waals surface area contributed by atoms with Crippen molar-refractivity contribution in [1.82, 2.24) is 4.90 Å². The molecule has 1 amide bonds. The minimum absolute atomic E-state index is 0.0869. The minimum Gasteiger partial charge on any atom is -0.399 e. The van der Waals surface area contributed by atoms with Crippen LogP contribution in [0, 0.1) is 0 Å². The number of carbonyl (C=O) groups is 1. The molecule has 0 saturated carbocycles. The highest BCUT2D eigenvalue weighted by Gasteiger charge is 2.15. The molecule has 0 unspecified atom stereocenters. The van der Waals surface area contributed by atoms with Crippen molar-refractivity contribution < 1.29 is 4.79 Å². The van der Waals surface area contributed by atoms with Crippen LogP contribution in [0.4, 0.5) is 5.69 Å². The van der Waals surface area contributed by atoms with E-state index in [9.17, 15) is 4.79 Å². The molecule has 20 heavy (non-hydrogen) atoms. The summed E-state index contributed by atoms with van der Waals surface area (Å²) in [6.07, 6.45) is 0. The zero-order valence-electron chi connectivity index (χ0n) is 10.9. The summed E-state index contributed by atoms with van der Waals surface area (Å²) in [5, 5.41) is 0.539. The molecule has 0 bridgehead atoms. The number of anilines is 1.